The van der Waals surface area contributed by atoms with E-state index in [0.717, 1.165) is 19.6 Å². The maximum absolute atomic E-state index is 5.61. The Bertz CT molecular complexity index is 297. The lowest BCUT2D eigenvalue weighted by Gasteiger charge is -2.28. The molecule has 0 amide bonds. The molecule has 2 nitrogen and oxygen atoms in total. The summed E-state index contributed by atoms with van der Waals surface area (Å²) in [4.78, 5) is 2.34. The first-order chi connectivity index (χ1) is 8.19. The van der Waals surface area contributed by atoms with Crippen molar-refractivity contribution in [1.29, 1.82) is 0 Å². The van der Waals surface area contributed by atoms with Gasteiger partial charge in [0.15, 0.2) is 0 Å². The number of nitrogens with two attached hydrogens (primary N) is 1. The Labute approximate surface area is 106 Å². The molecule has 17 heavy (non-hydrogen) atoms. The molecule has 2 N–H and O–H groups in total. The topological polar surface area (TPSA) is 29.3 Å². The van der Waals surface area contributed by atoms with Crippen molar-refractivity contribution in [3.63, 3.8) is 0 Å². The van der Waals surface area contributed by atoms with Crippen LogP contribution in [0.5, 0.6) is 0 Å². The molecule has 1 aromatic rings. The van der Waals surface area contributed by atoms with Crippen LogP contribution in [0.2, 0.25) is 0 Å². The van der Waals surface area contributed by atoms with Crippen LogP contribution in [0.15, 0.2) is 30.3 Å². The third kappa shape index (κ3) is 4.49. The van der Waals surface area contributed by atoms with Gasteiger partial charge < -0.3 is 10.6 Å². The summed E-state index contributed by atoms with van der Waals surface area (Å²) in [7, 11) is 2.16. The van der Waals surface area contributed by atoms with E-state index in [0.29, 0.717) is 11.8 Å². The fourth-order valence-electron chi connectivity index (χ4n) is 2.25. The molecule has 1 aromatic carbocycles. The van der Waals surface area contributed by atoms with Crippen molar-refractivity contribution in [1.82, 2.24) is 4.90 Å². The van der Waals surface area contributed by atoms with Crippen LogP contribution in [0.4, 0.5) is 0 Å². The Morgan fingerprint density at radius 3 is 2.41 bits per heavy atom. The zero-order valence-corrected chi connectivity index (χ0v) is 11.4. The van der Waals surface area contributed by atoms with Gasteiger partial charge in [-0.2, -0.15) is 0 Å². The van der Waals surface area contributed by atoms with Crippen LogP contribution < -0.4 is 5.73 Å². The zero-order chi connectivity index (χ0) is 12.7. The lowest BCUT2D eigenvalue weighted by molar-refractivity contribution is 0.278. The van der Waals surface area contributed by atoms with Crippen LogP contribution in [0.1, 0.15) is 31.7 Å². The second-order valence-electron chi connectivity index (χ2n) is 4.95. The van der Waals surface area contributed by atoms with Crippen LogP contribution in [-0.2, 0) is 0 Å². The molecule has 2 heteroatoms. The summed E-state index contributed by atoms with van der Waals surface area (Å²) in [6.07, 6.45) is 1.22. The SMILES string of the molecule is CCC(C)C(CN(C)CCN)c1ccccc1. The molecule has 0 spiro atoms. The molecule has 0 heterocycles. The largest absolute Gasteiger partial charge is 0.329 e. The minimum Gasteiger partial charge on any atom is -0.329 e. The van der Waals surface area contributed by atoms with E-state index in [-0.39, 0.29) is 0 Å². The molecule has 0 radical (unpaired) electrons. The van der Waals surface area contributed by atoms with Crippen LogP contribution in [0, 0.1) is 5.92 Å². The number of rotatable bonds is 7. The molecule has 0 saturated heterocycles. The molecular weight excluding hydrogens is 208 g/mol. The first-order valence-electron chi connectivity index (χ1n) is 6.62. The quantitative estimate of drug-likeness (QED) is 0.786. The molecule has 0 aromatic heterocycles. The Morgan fingerprint density at radius 2 is 1.88 bits per heavy atom. The lowest BCUT2D eigenvalue weighted by atomic mass is 9.85. The second-order valence-corrected chi connectivity index (χ2v) is 4.95. The van der Waals surface area contributed by atoms with Gasteiger partial charge in [0.2, 0.25) is 0 Å². The highest BCUT2D eigenvalue weighted by atomic mass is 15.1. The summed E-state index contributed by atoms with van der Waals surface area (Å²) in [5.74, 6) is 1.32. The van der Waals surface area contributed by atoms with Crippen LogP contribution in [-0.4, -0.2) is 31.6 Å². The summed E-state index contributed by atoms with van der Waals surface area (Å²) in [6.45, 7) is 7.41. The predicted molar refractivity (Wildman–Crippen MR) is 75.2 cm³/mol. The van der Waals surface area contributed by atoms with Crippen LogP contribution >= 0.6 is 0 Å². The summed E-state index contributed by atoms with van der Waals surface area (Å²) in [5, 5.41) is 0. The molecule has 0 saturated carbocycles. The van der Waals surface area contributed by atoms with Gasteiger partial charge in [-0.3, -0.25) is 0 Å². The number of hydrogen-bond acceptors (Lipinski definition) is 2. The summed E-state index contributed by atoms with van der Waals surface area (Å²) < 4.78 is 0. The summed E-state index contributed by atoms with van der Waals surface area (Å²) in [5.41, 5.74) is 7.06. The molecule has 0 aliphatic rings. The second kappa shape index (κ2) is 7.46. The Morgan fingerprint density at radius 1 is 1.24 bits per heavy atom. The standard InChI is InChI=1S/C15H26N2/c1-4-13(2)15(12-17(3)11-10-16)14-8-6-5-7-9-14/h5-9,13,15H,4,10-12,16H2,1-3H3. The van der Waals surface area contributed by atoms with E-state index in [1.165, 1.54) is 12.0 Å². The highest BCUT2D eigenvalue weighted by Crippen LogP contribution is 2.27. The van der Waals surface area contributed by atoms with Crippen molar-refractivity contribution >= 4 is 0 Å². The third-order valence-electron chi connectivity index (χ3n) is 3.58. The van der Waals surface area contributed by atoms with E-state index in [1.807, 2.05) is 0 Å². The molecule has 2 unspecified atom stereocenters. The highest BCUT2D eigenvalue weighted by molar-refractivity contribution is 5.20. The fourth-order valence-corrected chi connectivity index (χ4v) is 2.25. The smallest absolute Gasteiger partial charge is 0.0102 e. The lowest BCUT2D eigenvalue weighted by Crippen LogP contribution is -2.31. The fraction of sp³-hybridized carbons (Fsp3) is 0.600. The van der Waals surface area contributed by atoms with E-state index in [4.69, 9.17) is 5.73 Å². The van der Waals surface area contributed by atoms with E-state index < -0.39 is 0 Å². The van der Waals surface area contributed by atoms with E-state index >= 15 is 0 Å². The van der Waals surface area contributed by atoms with Gasteiger partial charge in [0.25, 0.3) is 0 Å². The van der Waals surface area contributed by atoms with Crippen molar-refractivity contribution in [2.24, 2.45) is 11.7 Å². The third-order valence-corrected chi connectivity index (χ3v) is 3.58. The Balaban J connectivity index is 2.74. The van der Waals surface area contributed by atoms with Crippen LogP contribution in [0.3, 0.4) is 0 Å². The van der Waals surface area contributed by atoms with Crippen molar-refractivity contribution in [2.45, 2.75) is 26.2 Å². The maximum Gasteiger partial charge on any atom is 0.0102 e. The minimum absolute atomic E-state index is 0.609. The summed E-state index contributed by atoms with van der Waals surface area (Å²) in [6, 6.07) is 10.8. The van der Waals surface area contributed by atoms with Crippen molar-refractivity contribution in [2.75, 3.05) is 26.7 Å². The number of likely N-dealkylation sites (N-methyl/N-ethyl adjacent to an activating group) is 1. The predicted octanol–water partition coefficient (Wildman–Crippen LogP) is 2.71. The van der Waals surface area contributed by atoms with Gasteiger partial charge in [-0.25, -0.2) is 0 Å². The Kier molecular flexibility index (Phi) is 6.23. The molecule has 96 valence electrons. The average molecular weight is 234 g/mol. The van der Waals surface area contributed by atoms with Gasteiger partial charge in [0, 0.05) is 19.6 Å². The van der Waals surface area contributed by atoms with Gasteiger partial charge in [0.1, 0.15) is 0 Å². The number of benzene rings is 1. The average Bonchev–Trinajstić information content (AvgIpc) is 2.36. The normalized spacial score (nSPS) is 14.9. The molecule has 1 rings (SSSR count). The molecule has 2 atom stereocenters. The monoisotopic (exact) mass is 234 g/mol. The number of nitrogens with zero attached hydrogens (tertiary/aromatic N) is 1. The van der Waals surface area contributed by atoms with E-state index in [1.54, 1.807) is 0 Å². The molecule has 0 aliphatic heterocycles. The van der Waals surface area contributed by atoms with Crippen LogP contribution in [0.25, 0.3) is 0 Å². The van der Waals surface area contributed by atoms with Gasteiger partial charge in [-0.15, -0.1) is 0 Å². The molecule has 0 aliphatic carbocycles. The van der Waals surface area contributed by atoms with Gasteiger partial charge in [-0.1, -0.05) is 50.6 Å². The molecule has 0 bridgehead atoms. The molecular formula is C15H26N2. The van der Waals surface area contributed by atoms with E-state index in [2.05, 4.69) is 56.1 Å². The Hall–Kier alpha value is -0.860. The van der Waals surface area contributed by atoms with Gasteiger partial charge in [-0.05, 0) is 24.4 Å². The van der Waals surface area contributed by atoms with Crippen molar-refractivity contribution < 1.29 is 0 Å². The zero-order valence-electron chi connectivity index (χ0n) is 11.4. The minimum atomic E-state index is 0.609. The first kappa shape index (κ1) is 14.2. The highest BCUT2D eigenvalue weighted by Gasteiger charge is 2.19. The first-order valence-corrected chi connectivity index (χ1v) is 6.62. The van der Waals surface area contributed by atoms with Crippen molar-refractivity contribution in [3.8, 4) is 0 Å². The van der Waals surface area contributed by atoms with Crippen molar-refractivity contribution in [3.05, 3.63) is 35.9 Å². The van der Waals surface area contributed by atoms with Gasteiger partial charge >= 0.3 is 0 Å². The molecule has 0 fully saturated rings. The number of hydrogen-bond donors (Lipinski definition) is 1. The van der Waals surface area contributed by atoms with Gasteiger partial charge in [0.05, 0.1) is 0 Å². The summed E-state index contributed by atoms with van der Waals surface area (Å²) >= 11 is 0. The maximum atomic E-state index is 5.61. The van der Waals surface area contributed by atoms with E-state index in [9.17, 15) is 0 Å².